The fraction of sp³-hybridized carbons (Fsp3) is 0.562. The number of carbonyl (C=O) groups is 1. The SMILES string of the molecule is CC(c1ccc(Cl)cc1Cl)N(C)C(=O)C1CCCN(S(C)(=O)=O)C1. The van der Waals surface area contributed by atoms with Crippen molar-refractivity contribution in [2.24, 2.45) is 5.92 Å². The van der Waals surface area contributed by atoms with E-state index in [1.165, 1.54) is 10.6 Å². The summed E-state index contributed by atoms with van der Waals surface area (Å²) in [6.07, 6.45) is 2.56. The Kier molecular flexibility index (Phi) is 6.18. The van der Waals surface area contributed by atoms with Crippen LogP contribution in [-0.2, 0) is 14.8 Å². The maximum Gasteiger partial charge on any atom is 0.227 e. The van der Waals surface area contributed by atoms with Gasteiger partial charge in [0.25, 0.3) is 0 Å². The van der Waals surface area contributed by atoms with E-state index >= 15 is 0 Å². The fourth-order valence-corrected chi connectivity index (χ4v) is 4.45. The van der Waals surface area contributed by atoms with E-state index in [2.05, 4.69) is 0 Å². The Hall–Kier alpha value is -0.820. The Morgan fingerprint density at radius 1 is 1.38 bits per heavy atom. The minimum atomic E-state index is -3.28. The van der Waals surface area contributed by atoms with Gasteiger partial charge in [-0.1, -0.05) is 29.3 Å². The number of piperidine rings is 1. The van der Waals surface area contributed by atoms with Crippen molar-refractivity contribution in [1.82, 2.24) is 9.21 Å². The zero-order chi connectivity index (χ0) is 18.1. The van der Waals surface area contributed by atoms with Gasteiger partial charge in [-0.3, -0.25) is 4.79 Å². The summed E-state index contributed by atoms with van der Waals surface area (Å²) in [7, 11) is -1.56. The van der Waals surface area contributed by atoms with E-state index in [-0.39, 0.29) is 24.4 Å². The molecule has 1 saturated heterocycles. The molecule has 0 spiro atoms. The fourth-order valence-electron chi connectivity index (χ4n) is 2.97. The summed E-state index contributed by atoms with van der Waals surface area (Å²) in [4.78, 5) is 14.4. The Morgan fingerprint density at radius 2 is 2.04 bits per heavy atom. The molecule has 0 saturated carbocycles. The molecule has 0 aliphatic carbocycles. The van der Waals surface area contributed by atoms with Crippen LogP contribution in [0, 0.1) is 5.92 Å². The average Bonchev–Trinajstić information content (AvgIpc) is 2.52. The molecule has 1 fully saturated rings. The van der Waals surface area contributed by atoms with Gasteiger partial charge in [0.1, 0.15) is 0 Å². The van der Waals surface area contributed by atoms with Crippen molar-refractivity contribution in [3.63, 3.8) is 0 Å². The van der Waals surface area contributed by atoms with E-state index in [1.54, 1.807) is 24.1 Å². The van der Waals surface area contributed by atoms with E-state index in [0.29, 0.717) is 29.4 Å². The maximum absolute atomic E-state index is 12.8. The number of hydrogen-bond donors (Lipinski definition) is 0. The third kappa shape index (κ3) is 4.42. The molecule has 2 unspecified atom stereocenters. The average molecular weight is 393 g/mol. The number of rotatable bonds is 4. The summed E-state index contributed by atoms with van der Waals surface area (Å²) in [5, 5.41) is 1.05. The number of halogens is 2. The molecule has 8 heteroatoms. The second kappa shape index (κ2) is 7.60. The van der Waals surface area contributed by atoms with Crippen molar-refractivity contribution < 1.29 is 13.2 Å². The Labute approximate surface area is 153 Å². The molecule has 2 rings (SSSR count). The predicted molar refractivity (Wildman–Crippen MR) is 96.8 cm³/mol. The summed E-state index contributed by atoms with van der Waals surface area (Å²) in [6.45, 7) is 2.61. The zero-order valence-electron chi connectivity index (χ0n) is 14.0. The number of carbonyl (C=O) groups excluding carboxylic acids is 1. The molecule has 1 aromatic rings. The van der Waals surface area contributed by atoms with Crippen LogP contribution >= 0.6 is 23.2 Å². The predicted octanol–water partition coefficient (Wildman–Crippen LogP) is 3.18. The number of sulfonamides is 1. The van der Waals surface area contributed by atoms with E-state index in [4.69, 9.17) is 23.2 Å². The summed E-state index contributed by atoms with van der Waals surface area (Å²) in [5.41, 5.74) is 0.813. The van der Waals surface area contributed by atoms with E-state index in [0.717, 1.165) is 5.56 Å². The smallest absolute Gasteiger partial charge is 0.227 e. The van der Waals surface area contributed by atoms with Gasteiger partial charge in [-0.2, -0.15) is 0 Å². The molecular formula is C16H22Cl2N2O3S. The molecule has 0 N–H and O–H groups in total. The highest BCUT2D eigenvalue weighted by molar-refractivity contribution is 7.88. The molecule has 24 heavy (non-hydrogen) atoms. The van der Waals surface area contributed by atoms with Crippen molar-refractivity contribution in [2.75, 3.05) is 26.4 Å². The van der Waals surface area contributed by atoms with Crippen LogP contribution in [0.3, 0.4) is 0 Å². The molecule has 1 heterocycles. The quantitative estimate of drug-likeness (QED) is 0.790. The van der Waals surface area contributed by atoms with Gasteiger partial charge >= 0.3 is 0 Å². The normalized spacial score (nSPS) is 20.6. The van der Waals surface area contributed by atoms with Gasteiger partial charge in [-0.25, -0.2) is 12.7 Å². The zero-order valence-corrected chi connectivity index (χ0v) is 16.3. The van der Waals surface area contributed by atoms with Crippen LogP contribution in [0.4, 0.5) is 0 Å². The van der Waals surface area contributed by atoms with Gasteiger partial charge in [-0.15, -0.1) is 0 Å². The lowest BCUT2D eigenvalue weighted by Gasteiger charge is -2.34. The van der Waals surface area contributed by atoms with Crippen molar-refractivity contribution >= 4 is 39.1 Å². The summed E-state index contributed by atoms with van der Waals surface area (Å²) in [5.74, 6) is -0.395. The van der Waals surface area contributed by atoms with E-state index in [1.807, 2.05) is 13.0 Å². The molecule has 0 aromatic heterocycles. The van der Waals surface area contributed by atoms with Gasteiger partial charge < -0.3 is 4.90 Å². The molecule has 2 atom stereocenters. The molecule has 1 aliphatic heterocycles. The van der Waals surface area contributed by atoms with Crippen LogP contribution in [0.5, 0.6) is 0 Å². The molecule has 1 amide bonds. The molecule has 1 aromatic carbocycles. The van der Waals surface area contributed by atoms with Gasteiger partial charge in [0.2, 0.25) is 15.9 Å². The van der Waals surface area contributed by atoms with Crippen LogP contribution in [0.1, 0.15) is 31.4 Å². The lowest BCUT2D eigenvalue weighted by molar-refractivity contribution is -0.137. The van der Waals surface area contributed by atoms with Crippen LogP contribution < -0.4 is 0 Å². The van der Waals surface area contributed by atoms with Gasteiger partial charge in [0.05, 0.1) is 18.2 Å². The monoisotopic (exact) mass is 392 g/mol. The van der Waals surface area contributed by atoms with Crippen LogP contribution in [-0.4, -0.2) is 49.9 Å². The molecule has 5 nitrogen and oxygen atoms in total. The maximum atomic E-state index is 12.8. The second-order valence-electron chi connectivity index (χ2n) is 6.25. The first kappa shape index (κ1) is 19.5. The van der Waals surface area contributed by atoms with Gasteiger partial charge in [0.15, 0.2) is 0 Å². The first-order chi connectivity index (χ1) is 11.1. The Balaban J connectivity index is 2.13. The topological polar surface area (TPSA) is 57.7 Å². The van der Waals surface area contributed by atoms with Gasteiger partial charge in [0, 0.05) is 30.2 Å². The number of hydrogen-bond acceptors (Lipinski definition) is 3. The molecular weight excluding hydrogens is 371 g/mol. The molecule has 0 bridgehead atoms. The highest BCUT2D eigenvalue weighted by Gasteiger charge is 2.33. The molecule has 134 valence electrons. The van der Waals surface area contributed by atoms with Crippen molar-refractivity contribution in [1.29, 1.82) is 0 Å². The minimum absolute atomic E-state index is 0.0677. The highest BCUT2D eigenvalue weighted by Crippen LogP contribution is 2.31. The number of benzene rings is 1. The minimum Gasteiger partial charge on any atom is -0.339 e. The van der Waals surface area contributed by atoms with Crippen molar-refractivity contribution in [3.05, 3.63) is 33.8 Å². The summed E-state index contributed by atoms with van der Waals surface area (Å²) < 4.78 is 24.8. The third-order valence-corrected chi connectivity index (χ3v) is 6.38. The first-order valence-electron chi connectivity index (χ1n) is 7.78. The lowest BCUT2D eigenvalue weighted by atomic mass is 9.96. The standard InChI is InChI=1S/C16H22Cl2N2O3S/c1-11(14-7-6-13(17)9-15(14)18)19(2)16(21)12-5-4-8-20(10-12)24(3,22)23/h6-7,9,11-12H,4-5,8,10H2,1-3H3. The van der Waals surface area contributed by atoms with Crippen molar-refractivity contribution in [2.45, 2.75) is 25.8 Å². The summed E-state index contributed by atoms with van der Waals surface area (Å²) in [6, 6.07) is 4.97. The number of nitrogens with zero attached hydrogens (tertiary/aromatic N) is 2. The van der Waals surface area contributed by atoms with Crippen LogP contribution in [0.2, 0.25) is 10.0 Å². The van der Waals surface area contributed by atoms with Crippen LogP contribution in [0.25, 0.3) is 0 Å². The summed E-state index contributed by atoms with van der Waals surface area (Å²) >= 11 is 12.1. The number of amides is 1. The highest BCUT2D eigenvalue weighted by atomic mass is 35.5. The van der Waals surface area contributed by atoms with Gasteiger partial charge in [-0.05, 0) is 37.5 Å². The van der Waals surface area contributed by atoms with E-state index < -0.39 is 10.0 Å². The molecule has 1 aliphatic rings. The Morgan fingerprint density at radius 3 is 2.62 bits per heavy atom. The largest absolute Gasteiger partial charge is 0.339 e. The molecule has 0 radical (unpaired) electrons. The van der Waals surface area contributed by atoms with Crippen molar-refractivity contribution in [3.8, 4) is 0 Å². The van der Waals surface area contributed by atoms with Crippen LogP contribution in [0.15, 0.2) is 18.2 Å². The second-order valence-corrected chi connectivity index (χ2v) is 9.08. The first-order valence-corrected chi connectivity index (χ1v) is 10.4. The lowest BCUT2D eigenvalue weighted by Crippen LogP contribution is -2.46. The Bertz CT molecular complexity index is 724. The van der Waals surface area contributed by atoms with E-state index in [9.17, 15) is 13.2 Å². The third-order valence-electron chi connectivity index (χ3n) is 4.54.